The van der Waals surface area contributed by atoms with Gasteiger partial charge in [0.15, 0.2) is 0 Å². The average Bonchev–Trinajstić information content (AvgIpc) is 3.42. The van der Waals surface area contributed by atoms with Gasteiger partial charge in [0, 0.05) is 52.0 Å². The molecule has 42 heavy (non-hydrogen) atoms. The molecule has 1 aliphatic rings. The van der Waals surface area contributed by atoms with Crippen LogP contribution in [0.25, 0.3) is 28.2 Å². The lowest BCUT2D eigenvalue weighted by Crippen LogP contribution is -2.40. The molecule has 1 fully saturated rings. The fraction of sp³-hybridized carbons (Fsp3) is 0.353. The zero-order valence-corrected chi connectivity index (χ0v) is 25.1. The fourth-order valence-electron chi connectivity index (χ4n) is 4.85. The van der Waals surface area contributed by atoms with Gasteiger partial charge in [-0.1, -0.05) is 53.7 Å². The van der Waals surface area contributed by atoms with Crippen molar-refractivity contribution in [2.45, 2.75) is 52.4 Å². The lowest BCUT2D eigenvalue weighted by atomic mass is 9.86. The molecule has 1 N–H and O–H groups in total. The van der Waals surface area contributed by atoms with E-state index in [0.717, 1.165) is 33.9 Å². The fourth-order valence-corrected chi connectivity index (χ4v) is 4.85. The van der Waals surface area contributed by atoms with Gasteiger partial charge in [0.2, 0.25) is 0 Å². The Labute approximate surface area is 247 Å². The van der Waals surface area contributed by atoms with E-state index in [0.29, 0.717) is 37.6 Å². The third-order valence-corrected chi connectivity index (χ3v) is 7.45. The molecule has 2 aromatic heterocycles. The predicted octanol–water partition coefficient (Wildman–Crippen LogP) is 6.37. The molecule has 4 aromatic rings. The Bertz CT molecular complexity index is 1570. The topological polar surface area (TPSA) is 97.5 Å². The van der Waals surface area contributed by atoms with Gasteiger partial charge in [0.05, 0.1) is 35.9 Å². The van der Waals surface area contributed by atoms with Crippen molar-refractivity contribution in [3.8, 4) is 28.2 Å². The predicted molar refractivity (Wildman–Crippen MR) is 163 cm³/mol. The lowest BCUT2D eigenvalue weighted by molar-refractivity contribution is 0.0303. The van der Waals surface area contributed by atoms with Gasteiger partial charge >= 0.3 is 5.97 Å². The summed E-state index contributed by atoms with van der Waals surface area (Å²) in [6.45, 7) is 15.2. The molecular weight excluding hydrogens is 528 g/mol. The van der Waals surface area contributed by atoms with Crippen LogP contribution in [-0.4, -0.2) is 63.0 Å². The summed E-state index contributed by atoms with van der Waals surface area (Å²) in [7, 11) is 0. The van der Waals surface area contributed by atoms with Crippen molar-refractivity contribution < 1.29 is 19.4 Å². The molecule has 0 unspecified atom stereocenters. The number of amides is 1. The van der Waals surface area contributed by atoms with Crippen molar-refractivity contribution in [3.05, 3.63) is 89.2 Å². The number of rotatable bonds is 5. The molecule has 8 nitrogen and oxygen atoms in total. The highest BCUT2D eigenvalue weighted by molar-refractivity contribution is 5.94. The number of carbonyl (C=O) groups is 2. The molecule has 0 bridgehead atoms. The van der Waals surface area contributed by atoms with Gasteiger partial charge in [-0.05, 0) is 54.6 Å². The van der Waals surface area contributed by atoms with E-state index in [9.17, 15) is 14.7 Å². The second-order valence-electron chi connectivity index (χ2n) is 12.8. The number of hydrogen-bond donors (Lipinski definition) is 1. The lowest BCUT2D eigenvalue weighted by Gasteiger charge is -2.27. The van der Waals surface area contributed by atoms with Gasteiger partial charge in [0.25, 0.3) is 5.91 Å². The number of pyridine rings is 1. The number of aromatic carboxylic acids is 1. The molecular formula is C34H38N4O4. The molecule has 2 aromatic carbocycles. The molecule has 3 heterocycles. The van der Waals surface area contributed by atoms with Gasteiger partial charge in [0.1, 0.15) is 0 Å². The van der Waals surface area contributed by atoms with Crippen molar-refractivity contribution >= 4 is 11.9 Å². The Balaban J connectivity index is 1.63. The van der Waals surface area contributed by atoms with Gasteiger partial charge < -0.3 is 14.7 Å². The number of carbonyl (C=O) groups excluding carboxylic acids is 1. The van der Waals surface area contributed by atoms with Crippen LogP contribution < -0.4 is 0 Å². The van der Waals surface area contributed by atoms with Crippen molar-refractivity contribution in [1.29, 1.82) is 0 Å². The van der Waals surface area contributed by atoms with Gasteiger partial charge in [-0.15, -0.1) is 0 Å². The SMILES string of the molecule is CC(C)(C)c1cc(-c2cc(-c3ccc(C(=O)O)cc3)nn2-c2ccc(C(=O)N3CCOCC3)cc2)cc(C(C)(C)C)n1. The van der Waals surface area contributed by atoms with Gasteiger partial charge in [-0.25, -0.2) is 9.48 Å². The number of nitrogens with zero attached hydrogens (tertiary/aromatic N) is 4. The quantitative estimate of drug-likeness (QED) is 0.302. The summed E-state index contributed by atoms with van der Waals surface area (Å²) in [5, 5.41) is 14.3. The summed E-state index contributed by atoms with van der Waals surface area (Å²) in [4.78, 5) is 31.3. The normalized spacial score (nSPS) is 14.2. The molecule has 1 saturated heterocycles. The zero-order valence-electron chi connectivity index (χ0n) is 25.1. The first-order valence-electron chi connectivity index (χ1n) is 14.3. The van der Waals surface area contributed by atoms with E-state index in [4.69, 9.17) is 14.8 Å². The maximum Gasteiger partial charge on any atom is 0.335 e. The Kier molecular flexibility index (Phi) is 7.77. The van der Waals surface area contributed by atoms with Crippen LogP contribution in [-0.2, 0) is 15.6 Å². The summed E-state index contributed by atoms with van der Waals surface area (Å²) < 4.78 is 7.28. The van der Waals surface area contributed by atoms with Crippen molar-refractivity contribution in [3.63, 3.8) is 0 Å². The molecule has 5 rings (SSSR count). The molecule has 1 aliphatic heterocycles. The standard InChI is InChI=1S/C34H38N4O4/c1-33(2,3)29-19-25(20-30(35-29)34(4,5)6)28-21-27(22-7-9-24(10-8-22)32(40)41)36-38(28)26-13-11-23(12-14-26)31(39)37-15-17-42-18-16-37/h7-14,19-21H,15-18H2,1-6H3,(H,40,41). The third kappa shape index (κ3) is 6.14. The van der Waals surface area contributed by atoms with Crippen LogP contribution in [0.2, 0.25) is 0 Å². The van der Waals surface area contributed by atoms with E-state index < -0.39 is 5.97 Å². The number of aromatic nitrogens is 3. The first-order chi connectivity index (χ1) is 19.8. The number of carboxylic acids is 1. The molecule has 0 saturated carbocycles. The van der Waals surface area contributed by atoms with Crippen molar-refractivity contribution in [2.75, 3.05) is 26.3 Å². The number of benzene rings is 2. The van der Waals surface area contributed by atoms with E-state index in [-0.39, 0.29) is 22.3 Å². The van der Waals surface area contributed by atoms with E-state index in [1.807, 2.05) is 39.9 Å². The highest BCUT2D eigenvalue weighted by atomic mass is 16.5. The van der Waals surface area contributed by atoms with E-state index in [1.165, 1.54) is 0 Å². The monoisotopic (exact) mass is 566 g/mol. The second-order valence-corrected chi connectivity index (χ2v) is 12.8. The highest BCUT2D eigenvalue weighted by Crippen LogP contribution is 2.34. The summed E-state index contributed by atoms with van der Waals surface area (Å²) in [6.07, 6.45) is 0. The highest BCUT2D eigenvalue weighted by Gasteiger charge is 2.25. The Morgan fingerprint density at radius 2 is 1.31 bits per heavy atom. The summed E-state index contributed by atoms with van der Waals surface area (Å²) in [5.41, 5.74) is 6.64. The summed E-state index contributed by atoms with van der Waals surface area (Å²) in [5.74, 6) is -0.982. The van der Waals surface area contributed by atoms with E-state index >= 15 is 0 Å². The van der Waals surface area contributed by atoms with Crippen LogP contribution in [0.15, 0.2) is 66.7 Å². The van der Waals surface area contributed by atoms with Crippen LogP contribution in [0, 0.1) is 0 Å². The van der Waals surface area contributed by atoms with Gasteiger partial charge in [-0.3, -0.25) is 9.78 Å². The van der Waals surface area contributed by atoms with Crippen LogP contribution in [0.1, 0.15) is 73.6 Å². The van der Waals surface area contributed by atoms with Crippen LogP contribution in [0.4, 0.5) is 0 Å². The van der Waals surface area contributed by atoms with Crippen LogP contribution >= 0.6 is 0 Å². The van der Waals surface area contributed by atoms with Crippen molar-refractivity contribution in [1.82, 2.24) is 19.7 Å². The molecule has 218 valence electrons. The maximum atomic E-state index is 13.1. The molecule has 0 radical (unpaired) electrons. The Morgan fingerprint density at radius 3 is 1.83 bits per heavy atom. The number of carboxylic acid groups (broad SMARTS) is 1. The smallest absolute Gasteiger partial charge is 0.335 e. The molecule has 1 amide bonds. The summed E-state index contributed by atoms with van der Waals surface area (Å²) in [6, 6.07) is 20.5. The largest absolute Gasteiger partial charge is 0.478 e. The minimum atomic E-state index is -0.972. The van der Waals surface area contributed by atoms with Crippen LogP contribution in [0.3, 0.4) is 0 Å². The van der Waals surface area contributed by atoms with Gasteiger partial charge in [-0.2, -0.15) is 5.10 Å². The van der Waals surface area contributed by atoms with Crippen LogP contribution in [0.5, 0.6) is 0 Å². The number of ether oxygens (including phenoxy) is 1. The maximum absolute atomic E-state index is 13.1. The first-order valence-corrected chi connectivity index (χ1v) is 14.3. The average molecular weight is 567 g/mol. The minimum Gasteiger partial charge on any atom is -0.478 e. The second kappa shape index (κ2) is 11.2. The number of morpholine rings is 1. The zero-order chi connectivity index (χ0) is 30.2. The first kappa shape index (κ1) is 29.2. The Hall–Kier alpha value is -4.30. The third-order valence-electron chi connectivity index (χ3n) is 7.45. The summed E-state index contributed by atoms with van der Waals surface area (Å²) >= 11 is 0. The molecule has 0 atom stereocenters. The van der Waals surface area contributed by atoms with E-state index in [1.54, 1.807) is 24.3 Å². The molecule has 0 spiro atoms. The molecule has 0 aliphatic carbocycles. The number of hydrogen-bond acceptors (Lipinski definition) is 5. The van der Waals surface area contributed by atoms with Crippen molar-refractivity contribution in [2.24, 2.45) is 0 Å². The minimum absolute atomic E-state index is 0.0106. The molecule has 8 heteroatoms. The Morgan fingerprint density at radius 1 is 0.762 bits per heavy atom. The van der Waals surface area contributed by atoms with E-state index in [2.05, 4.69) is 53.7 Å².